The smallest absolute Gasteiger partial charge is 0.313 e. The van der Waals surface area contributed by atoms with Crippen LogP contribution in [0.3, 0.4) is 0 Å². The van der Waals surface area contributed by atoms with Crippen molar-refractivity contribution in [2.24, 2.45) is 0 Å². The lowest BCUT2D eigenvalue weighted by Crippen LogP contribution is -2.51. The number of carbonyl (C=O) groups excluding carboxylic acids is 2. The van der Waals surface area contributed by atoms with Crippen molar-refractivity contribution in [3.63, 3.8) is 0 Å². The fraction of sp³-hybridized carbons (Fsp3) is 0.300. The third kappa shape index (κ3) is 4.37. The summed E-state index contributed by atoms with van der Waals surface area (Å²) in [7, 11) is 0. The molecular formula is C20H21Cl2N3O2. The molecule has 1 fully saturated rings. The van der Waals surface area contributed by atoms with Crippen molar-refractivity contribution in [3.05, 3.63) is 57.6 Å². The minimum atomic E-state index is -0.673. The molecule has 0 unspecified atom stereocenters. The fourth-order valence-corrected chi connectivity index (χ4v) is 3.43. The third-order valence-corrected chi connectivity index (χ3v) is 5.59. The Morgan fingerprint density at radius 1 is 0.963 bits per heavy atom. The van der Waals surface area contributed by atoms with E-state index in [0.29, 0.717) is 41.9 Å². The van der Waals surface area contributed by atoms with Crippen LogP contribution in [0.1, 0.15) is 11.1 Å². The summed E-state index contributed by atoms with van der Waals surface area (Å²) in [4.78, 5) is 28.6. The maximum Gasteiger partial charge on any atom is 0.313 e. The van der Waals surface area contributed by atoms with Crippen molar-refractivity contribution in [1.29, 1.82) is 0 Å². The van der Waals surface area contributed by atoms with Crippen LogP contribution in [0.2, 0.25) is 10.0 Å². The first-order valence-corrected chi connectivity index (χ1v) is 9.49. The topological polar surface area (TPSA) is 52.7 Å². The quantitative estimate of drug-likeness (QED) is 0.770. The lowest BCUT2D eigenvalue weighted by molar-refractivity contribution is -0.143. The first-order valence-electron chi connectivity index (χ1n) is 8.73. The molecule has 5 nitrogen and oxygen atoms in total. The summed E-state index contributed by atoms with van der Waals surface area (Å²) < 4.78 is 0. The number of rotatable bonds is 2. The zero-order valence-electron chi connectivity index (χ0n) is 15.3. The highest BCUT2D eigenvalue weighted by atomic mass is 35.5. The van der Waals surface area contributed by atoms with Crippen LogP contribution in [0.25, 0.3) is 0 Å². The molecule has 3 rings (SSSR count). The highest BCUT2D eigenvalue weighted by Gasteiger charge is 2.26. The van der Waals surface area contributed by atoms with Gasteiger partial charge in [-0.05, 0) is 49.2 Å². The number of benzene rings is 2. The van der Waals surface area contributed by atoms with Crippen LogP contribution in [0.4, 0.5) is 11.4 Å². The Kier molecular flexibility index (Phi) is 5.92. The van der Waals surface area contributed by atoms with Gasteiger partial charge in [-0.1, -0.05) is 35.3 Å². The summed E-state index contributed by atoms with van der Waals surface area (Å²) >= 11 is 11.8. The molecule has 1 heterocycles. The molecule has 0 bridgehead atoms. The average molecular weight is 406 g/mol. The van der Waals surface area contributed by atoms with E-state index in [1.807, 2.05) is 6.07 Å². The Balaban J connectivity index is 1.60. The van der Waals surface area contributed by atoms with Crippen LogP contribution in [-0.4, -0.2) is 42.9 Å². The lowest BCUT2D eigenvalue weighted by Gasteiger charge is -2.36. The predicted octanol–water partition coefficient (Wildman–Crippen LogP) is 3.90. The number of piperazine rings is 1. The number of hydrogen-bond donors (Lipinski definition) is 1. The number of anilines is 2. The molecule has 1 saturated heterocycles. The van der Waals surface area contributed by atoms with Crippen LogP contribution in [0.15, 0.2) is 36.4 Å². The van der Waals surface area contributed by atoms with Gasteiger partial charge in [-0.2, -0.15) is 0 Å². The zero-order valence-corrected chi connectivity index (χ0v) is 16.8. The van der Waals surface area contributed by atoms with Gasteiger partial charge >= 0.3 is 11.8 Å². The number of amides is 2. The highest BCUT2D eigenvalue weighted by Crippen LogP contribution is 2.26. The molecule has 142 valence electrons. The molecule has 0 aromatic heterocycles. The normalized spacial score (nSPS) is 14.2. The lowest BCUT2D eigenvalue weighted by atomic mass is 10.1. The van der Waals surface area contributed by atoms with Crippen LogP contribution in [0.5, 0.6) is 0 Å². The molecule has 2 aromatic carbocycles. The SMILES string of the molecule is Cc1cccc(N2CCN(C(=O)C(=O)Nc3ccc(Cl)c(Cl)c3)CC2)c1C. The average Bonchev–Trinajstić information content (AvgIpc) is 2.66. The molecule has 27 heavy (non-hydrogen) atoms. The van der Waals surface area contributed by atoms with Gasteiger partial charge in [0.15, 0.2) is 0 Å². The second-order valence-corrected chi connectivity index (χ2v) is 7.40. The van der Waals surface area contributed by atoms with Gasteiger partial charge in [0.25, 0.3) is 0 Å². The second-order valence-electron chi connectivity index (χ2n) is 6.58. The molecule has 7 heteroatoms. The highest BCUT2D eigenvalue weighted by molar-refractivity contribution is 6.42. The van der Waals surface area contributed by atoms with Crippen LogP contribution in [0, 0.1) is 13.8 Å². The first-order chi connectivity index (χ1) is 12.9. The predicted molar refractivity (Wildman–Crippen MR) is 110 cm³/mol. The van der Waals surface area contributed by atoms with E-state index < -0.39 is 11.8 Å². The number of halogens is 2. The zero-order chi connectivity index (χ0) is 19.6. The van der Waals surface area contributed by atoms with Crippen molar-refractivity contribution >= 4 is 46.4 Å². The van der Waals surface area contributed by atoms with Crippen LogP contribution >= 0.6 is 23.2 Å². The largest absolute Gasteiger partial charge is 0.368 e. The van der Waals surface area contributed by atoms with Crippen molar-refractivity contribution in [2.75, 3.05) is 36.4 Å². The van der Waals surface area contributed by atoms with Crippen LogP contribution in [-0.2, 0) is 9.59 Å². The Morgan fingerprint density at radius 3 is 2.33 bits per heavy atom. The second kappa shape index (κ2) is 8.19. The van der Waals surface area contributed by atoms with Gasteiger partial charge in [-0.25, -0.2) is 0 Å². The Bertz CT molecular complexity index is 878. The summed E-state index contributed by atoms with van der Waals surface area (Å²) in [5, 5.41) is 3.30. The number of hydrogen-bond acceptors (Lipinski definition) is 3. The van der Waals surface area contributed by atoms with E-state index in [1.165, 1.54) is 22.9 Å². The molecule has 1 aliphatic heterocycles. The van der Waals surface area contributed by atoms with Gasteiger partial charge in [0.05, 0.1) is 10.0 Å². The Labute approximate surface area is 168 Å². The van der Waals surface area contributed by atoms with Crippen molar-refractivity contribution < 1.29 is 9.59 Å². The van der Waals surface area contributed by atoms with E-state index in [4.69, 9.17) is 23.2 Å². The van der Waals surface area contributed by atoms with Gasteiger partial charge in [-0.3, -0.25) is 9.59 Å². The van der Waals surface area contributed by atoms with Crippen molar-refractivity contribution in [3.8, 4) is 0 Å². The molecule has 0 spiro atoms. The van der Waals surface area contributed by atoms with Gasteiger partial charge in [0.1, 0.15) is 0 Å². The number of aryl methyl sites for hydroxylation is 1. The van der Waals surface area contributed by atoms with Gasteiger partial charge < -0.3 is 15.1 Å². The van der Waals surface area contributed by atoms with E-state index in [0.717, 1.165) is 0 Å². The Morgan fingerprint density at radius 2 is 1.67 bits per heavy atom. The Hall–Kier alpha value is -2.24. The third-order valence-electron chi connectivity index (χ3n) is 4.86. The minimum absolute atomic E-state index is 0.323. The van der Waals surface area contributed by atoms with Crippen molar-refractivity contribution in [2.45, 2.75) is 13.8 Å². The molecule has 0 aliphatic carbocycles. The van der Waals surface area contributed by atoms with Crippen LogP contribution < -0.4 is 10.2 Å². The number of carbonyl (C=O) groups is 2. The van der Waals surface area contributed by atoms with E-state index in [-0.39, 0.29) is 0 Å². The van der Waals surface area contributed by atoms with Gasteiger partial charge in [0, 0.05) is 37.6 Å². The molecule has 0 atom stereocenters. The van der Waals surface area contributed by atoms with E-state index >= 15 is 0 Å². The molecule has 2 aromatic rings. The summed E-state index contributed by atoms with van der Waals surface area (Å²) in [5.74, 6) is -1.21. The van der Waals surface area contributed by atoms with Gasteiger partial charge in [0.2, 0.25) is 0 Å². The molecule has 2 amide bonds. The first kappa shape index (κ1) is 19.5. The van der Waals surface area contributed by atoms with E-state index in [2.05, 4.69) is 36.2 Å². The minimum Gasteiger partial charge on any atom is -0.368 e. The summed E-state index contributed by atoms with van der Waals surface area (Å²) in [6.45, 7) is 6.58. The fourth-order valence-electron chi connectivity index (χ4n) is 3.13. The molecule has 1 N–H and O–H groups in total. The van der Waals surface area contributed by atoms with E-state index in [1.54, 1.807) is 17.0 Å². The molecule has 0 radical (unpaired) electrons. The molecular weight excluding hydrogens is 385 g/mol. The number of nitrogens with zero attached hydrogens (tertiary/aromatic N) is 2. The van der Waals surface area contributed by atoms with E-state index in [9.17, 15) is 9.59 Å². The monoisotopic (exact) mass is 405 g/mol. The maximum atomic E-state index is 12.5. The number of nitrogens with one attached hydrogen (secondary N) is 1. The maximum absolute atomic E-state index is 12.5. The summed E-state index contributed by atoms with van der Waals surface area (Å²) in [5.41, 5.74) is 4.11. The molecule has 1 aliphatic rings. The summed E-state index contributed by atoms with van der Waals surface area (Å²) in [6, 6.07) is 10.9. The summed E-state index contributed by atoms with van der Waals surface area (Å²) in [6.07, 6.45) is 0. The standard InChI is InChI=1S/C20H21Cl2N3O2/c1-13-4-3-5-18(14(13)2)24-8-10-25(11-9-24)20(27)19(26)23-15-6-7-16(21)17(22)12-15/h3-7,12H,8-11H2,1-2H3,(H,23,26). The van der Waals surface area contributed by atoms with Crippen molar-refractivity contribution in [1.82, 2.24) is 4.90 Å². The van der Waals surface area contributed by atoms with Gasteiger partial charge in [-0.15, -0.1) is 0 Å². The molecule has 0 saturated carbocycles.